The Hall–Kier alpha value is -1.05. The average Bonchev–Trinajstić information content (AvgIpc) is 2.30. The van der Waals surface area contributed by atoms with E-state index in [9.17, 15) is 4.39 Å². The third kappa shape index (κ3) is 3.84. The van der Waals surface area contributed by atoms with E-state index < -0.39 is 0 Å². The molecule has 16 heavy (non-hydrogen) atoms. The molecule has 0 spiro atoms. The molecule has 1 N–H and O–H groups in total. The molecule has 0 saturated carbocycles. The molecular formula is C12H14FNOS. The van der Waals surface area contributed by atoms with E-state index in [1.807, 2.05) is 13.0 Å². The Kier molecular flexibility index (Phi) is 5.30. The Labute approximate surface area is 99.1 Å². The van der Waals surface area contributed by atoms with Gasteiger partial charge in [0.05, 0.1) is 11.6 Å². The van der Waals surface area contributed by atoms with Crippen molar-refractivity contribution < 1.29 is 9.50 Å². The lowest BCUT2D eigenvalue weighted by Crippen LogP contribution is -2.03. The van der Waals surface area contributed by atoms with Crippen molar-refractivity contribution in [3.05, 3.63) is 35.1 Å². The zero-order valence-electron chi connectivity index (χ0n) is 9.11. The number of hydrogen-bond donors (Lipinski definition) is 1. The first-order valence-corrected chi connectivity index (χ1v) is 6.20. The molecule has 0 aliphatic rings. The predicted octanol–water partition coefficient (Wildman–Crippen LogP) is 2.56. The van der Waals surface area contributed by atoms with Crippen LogP contribution in [0.2, 0.25) is 0 Å². The average molecular weight is 239 g/mol. The fraction of sp³-hybridized carbons (Fsp3) is 0.417. The van der Waals surface area contributed by atoms with Gasteiger partial charge >= 0.3 is 0 Å². The third-order valence-electron chi connectivity index (χ3n) is 2.16. The van der Waals surface area contributed by atoms with E-state index in [2.05, 4.69) is 0 Å². The van der Waals surface area contributed by atoms with Crippen LogP contribution in [-0.4, -0.2) is 17.5 Å². The highest BCUT2D eigenvalue weighted by atomic mass is 32.2. The summed E-state index contributed by atoms with van der Waals surface area (Å²) in [7, 11) is 0. The smallest absolute Gasteiger partial charge is 0.124 e. The molecular weight excluding hydrogens is 225 g/mol. The van der Waals surface area contributed by atoms with Crippen LogP contribution < -0.4 is 0 Å². The van der Waals surface area contributed by atoms with Gasteiger partial charge in [0.15, 0.2) is 0 Å². The Morgan fingerprint density at radius 2 is 2.31 bits per heavy atom. The zero-order valence-corrected chi connectivity index (χ0v) is 9.93. The molecule has 0 radical (unpaired) electrons. The first-order valence-electron chi connectivity index (χ1n) is 5.04. The van der Waals surface area contributed by atoms with E-state index in [0.29, 0.717) is 11.3 Å². The van der Waals surface area contributed by atoms with E-state index in [-0.39, 0.29) is 18.3 Å². The lowest BCUT2D eigenvalue weighted by Gasteiger charge is -2.08. The monoisotopic (exact) mass is 239 g/mol. The summed E-state index contributed by atoms with van der Waals surface area (Å²) in [5.41, 5.74) is 1.24. The van der Waals surface area contributed by atoms with E-state index in [1.54, 1.807) is 17.8 Å². The number of nitrogens with zero attached hydrogens (tertiary/aromatic N) is 1. The summed E-state index contributed by atoms with van der Waals surface area (Å²) in [6, 6.07) is 6.25. The van der Waals surface area contributed by atoms with Crippen LogP contribution in [-0.2, 0) is 5.75 Å². The highest BCUT2D eigenvalue weighted by Crippen LogP contribution is 2.19. The number of thioether (sulfide) groups is 1. The molecule has 0 bridgehead atoms. The molecule has 2 nitrogen and oxygen atoms in total. The summed E-state index contributed by atoms with van der Waals surface area (Å²) in [6.07, 6.45) is 0. The number of benzene rings is 1. The summed E-state index contributed by atoms with van der Waals surface area (Å²) >= 11 is 1.64. The molecule has 1 atom stereocenters. The molecule has 1 aromatic carbocycles. The van der Waals surface area contributed by atoms with Crippen LogP contribution in [0.3, 0.4) is 0 Å². The fourth-order valence-corrected chi connectivity index (χ4v) is 2.30. The summed E-state index contributed by atoms with van der Waals surface area (Å²) in [6.45, 7) is 2.13. The second kappa shape index (κ2) is 6.51. The van der Waals surface area contributed by atoms with Crippen molar-refractivity contribution in [1.82, 2.24) is 0 Å². The van der Waals surface area contributed by atoms with Crippen molar-refractivity contribution in [2.24, 2.45) is 5.92 Å². The van der Waals surface area contributed by atoms with Crippen LogP contribution in [0.4, 0.5) is 4.39 Å². The van der Waals surface area contributed by atoms with E-state index >= 15 is 0 Å². The highest BCUT2D eigenvalue weighted by Gasteiger charge is 2.05. The standard InChI is InChI=1S/C12H14FNOS/c1-9(6-15)7-16-8-10-2-3-12(13)4-11(10)5-14/h2-4,9,15H,6-8H2,1H3. The summed E-state index contributed by atoms with van der Waals surface area (Å²) < 4.78 is 12.8. The Bertz CT molecular complexity index is 389. The van der Waals surface area contributed by atoms with Crippen molar-refractivity contribution in [2.45, 2.75) is 12.7 Å². The van der Waals surface area contributed by atoms with Crippen molar-refractivity contribution in [3.8, 4) is 6.07 Å². The number of hydrogen-bond acceptors (Lipinski definition) is 3. The Morgan fingerprint density at radius 1 is 1.56 bits per heavy atom. The van der Waals surface area contributed by atoms with Crippen molar-refractivity contribution in [2.75, 3.05) is 12.4 Å². The maximum atomic E-state index is 12.8. The van der Waals surface area contributed by atoms with Gasteiger partial charge in [0, 0.05) is 12.4 Å². The van der Waals surface area contributed by atoms with Gasteiger partial charge in [-0.1, -0.05) is 13.0 Å². The minimum absolute atomic E-state index is 0.168. The number of halogens is 1. The normalized spacial score (nSPS) is 12.1. The summed E-state index contributed by atoms with van der Waals surface area (Å²) in [4.78, 5) is 0. The quantitative estimate of drug-likeness (QED) is 0.858. The van der Waals surface area contributed by atoms with E-state index in [4.69, 9.17) is 10.4 Å². The molecule has 0 aliphatic carbocycles. The van der Waals surface area contributed by atoms with E-state index in [0.717, 1.165) is 11.3 Å². The van der Waals surface area contributed by atoms with Gasteiger partial charge in [-0.25, -0.2) is 4.39 Å². The molecule has 1 aromatic rings. The Morgan fingerprint density at radius 3 is 2.94 bits per heavy atom. The van der Waals surface area contributed by atoms with Crippen molar-refractivity contribution in [1.29, 1.82) is 5.26 Å². The Balaban J connectivity index is 2.57. The SMILES string of the molecule is CC(CO)CSCc1ccc(F)cc1C#N. The molecule has 0 fully saturated rings. The summed E-state index contributed by atoms with van der Waals surface area (Å²) in [5, 5.41) is 17.7. The highest BCUT2D eigenvalue weighted by molar-refractivity contribution is 7.98. The lowest BCUT2D eigenvalue weighted by molar-refractivity contribution is 0.250. The van der Waals surface area contributed by atoms with Gasteiger partial charge in [-0.3, -0.25) is 0 Å². The van der Waals surface area contributed by atoms with Gasteiger partial charge in [0.25, 0.3) is 0 Å². The van der Waals surface area contributed by atoms with Gasteiger partial charge in [-0.2, -0.15) is 17.0 Å². The number of rotatable bonds is 5. The van der Waals surface area contributed by atoms with Gasteiger partial charge in [0.1, 0.15) is 5.82 Å². The van der Waals surface area contributed by atoms with Crippen LogP contribution in [0.15, 0.2) is 18.2 Å². The molecule has 0 heterocycles. The van der Waals surface area contributed by atoms with Crippen molar-refractivity contribution in [3.63, 3.8) is 0 Å². The molecule has 0 aliphatic heterocycles. The maximum absolute atomic E-state index is 12.8. The summed E-state index contributed by atoms with van der Waals surface area (Å²) in [5.74, 6) is 1.37. The molecule has 1 unspecified atom stereocenters. The van der Waals surface area contributed by atoms with Gasteiger partial charge in [0.2, 0.25) is 0 Å². The minimum atomic E-state index is -0.381. The topological polar surface area (TPSA) is 44.0 Å². The van der Waals surface area contributed by atoms with Gasteiger partial charge in [-0.05, 0) is 29.4 Å². The van der Waals surface area contributed by atoms with Crippen LogP contribution in [0.25, 0.3) is 0 Å². The molecule has 0 amide bonds. The molecule has 4 heteroatoms. The van der Waals surface area contributed by atoms with E-state index in [1.165, 1.54) is 12.1 Å². The number of aliphatic hydroxyl groups excluding tert-OH is 1. The minimum Gasteiger partial charge on any atom is -0.396 e. The number of aliphatic hydroxyl groups is 1. The second-order valence-electron chi connectivity index (χ2n) is 3.72. The first-order chi connectivity index (χ1) is 7.67. The second-order valence-corrected chi connectivity index (χ2v) is 4.75. The zero-order chi connectivity index (χ0) is 12.0. The van der Waals surface area contributed by atoms with Crippen LogP contribution in [0.1, 0.15) is 18.1 Å². The van der Waals surface area contributed by atoms with Crippen LogP contribution >= 0.6 is 11.8 Å². The number of nitriles is 1. The largest absolute Gasteiger partial charge is 0.396 e. The lowest BCUT2D eigenvalue weighted by atomic mass is 10.1. The van der Waals surface area contributed by atoms with Crippen molar-refractivity contribution >= 4 is 11.8 Å². The molecule has 0 aromatic heterocycles. The third-order valence-corrected chi connectivity index (χ3v) is 3.48. The van der Waals surface area contributed by atoms with Crippen LogP contribution in [0, 0.1) is 23.1 Å². The van der Waals surface area contributed by atoms with Crippen LogP contribution in [0.5, 0.6) is 0 Å². The molecule has 0 saturated heterocycles. The van der Waals surface area contributed by atoms with Gasteiger partial charge in [-0.15, -0.1) is 0 Å². The van der Waals surface area contributed by atoms with Gasteiger partial charge < -0.3 is 5.11 Å². The molecule has 86 valence electrons. The predicted molar refractivity (Wildman–Crippen MR) is 63.5 cm³/mol. The fourth-order valence-electron chi connectivity index (χ4n) is 1.20. The first kappa shape index (κ1) is 13.0. The maximum Gasteiger partial charge on any atom is 0.124 e. The molecule has 1 rings (SSSR count).